The third-order valence-corrected chi connectivity index (χ3v) is 6.06. The van der Waals surface area contributed by atoms with Crippen molar-refractivity contribution in [1.29, 1.82) is 0 Å². The third-order valence-electron chi connectivity index (χ3n) is 5.75. The van der Waals surface area contributed by atoms with Crippen LogP contribution in [0.5, 0.6) is 5.75 Å². The lowest BCUT2D eigenvalue weighted by molar-refractivity contribution is -0.139. The number of halogens is 1. The summed E-state index contributed by atoms with van der Waals surface area (Å²) in [5.74, 6) is -1.80. The van der Waals surface area contributed by atoms with E-state index in [-0.39, 0.29) is 12.5 Å². The summed E-state index contributed by atoms with van der Waals surface area (Å²) in [5, 5.41) is 14.5. The molecule has 180 valence electrons. The van der Waals surface area contributed by atoms with Crippen molar-refractivity contribution in [2.45, 2.75) is 18.4 Å². The summed E-state index contributed by atoms with van der Waals surface area (Å²) >= 11 is 6.00. The highest BCUT2D eigenvalue weighted by atomic mass is 35.5. The first-order valence-corrected chi connectivity index (χ1v) is 11.2. The number of aliphatic carboxylic acids is 1. The third kappa shape index (κ3) is 5.38. The molecule has 1 unspecified atom stereocenters. The molecule has 3 N–H and O–H groups in total. The number of hydrogen-bond acceptors (Lipinski definition) is 5. The number of carbonyl (C=O) groups excluding carboxylic acids is 2. The van der Waals surface area contributed by atoms with Crippen LogP contribution >= 0.6 is 11.6 Å². The maximum Gasteiger partial charge on any atom is 0.407 e. The number of carboxylic acid groups (broad SMARTS) is 1. The minimum atomic E-state index is -1.36. The summed E-state index contributed by atoms with van der Waals surface area (Å²) in [6.07, 6.45) is -1.51. The Labute approximate surface area is 206 Å². The molecule has 1 aliphatic rings. The van der Waals surface area contributed by atoms with Gasteiger partial charge in [-0.05, 0) is 34.4 Å². The average molecular weight is 495 g/mol. The zero-order valence-corrected chi connectivity index (χ0v) is 19.5. The normalized spacial score (nSPS) is 12.7. The Hall–Kier alpha value is -4.04. The quantitative estimate of drug-likeness (QED) is 0.419. The lowest BCUT2D eigenvalue weighted by Crippen LogP contribution is -2.45. The Bertz CT molecular complexity index is 1230. The van der Waals surface area contributed by atoms with Gasteiger partial charge in [0.05, 0.1) is 18.6 Å². The maximum atomic E-state index is 12.7. The highest BCUT2D eigenvalue weighted by Gasteiger charge is 2.30. The van der Waals surface area contributed by atoms with Crippen molar-refractivity contribution in [3.8, 4) is 16.9 Å². The van der Waals surface area contributed by atoms with Crippen molar-refractivity contribution in [3.63, 3.8) is 0 Å². The Kier molecular flexibility index (Phi) is 7.22. The van der Waals surface area contributed by atoms with E-state index in [1.807, 2.05) is 48.5 Å². The maximum absolute atomic E-state index is 12.7. The Morgan fingerprint density at radius 1 is 1.00 bits per heavy atom. The fourth-order valence-electron chi connectivity index (χ4n) is 4.13. The van der Waals surface area contributed by atoms with Gasteiger partial charge in [-0.2, -0.15) is 0 Å². The number of rotatable bonds is 8. The standard InChI is InChI=1S/C26H23ClN2O6/c1-34-23-12-15(10-11-21(23)27)28-25(32)22(13-24(30)31)29-26(33)35-14-20-18-8-4-2-6-16(18)17-7-3-5-9-19(17)20/h2-12,20,22H,13-14H2,1H3,(H,28,32)(H,29,33)(H,30,31). The molecule has 35 heavy (non-hydrogen) atoms. The van der Waals surface area contributed by atoms with Crippen LogP contribution < -0.4 is 15.4 Å². The molecule has 0 aliphatic heterocycles. The van der Waals surface area contributed by atoms with Gasteiger partial charge in [0.15, 0.2) is 0 Å². The molecule has 8 nitrogen and oxygen atoms in total. The van der Waals surface area contributed by atoms with Gasteiger partial charge in [0.25, 0.3) is 0 Å². The van der Waals surface area contributed by atoms with Gasteiger partial charge < -0.3 is 25.2 Å². The molecule has 3 aromatic carbocycles. The van der Waals surface area contributed by atoms with Crippen LogP contribution in [0.2, 0.25) is 5.02 Å². The summed E-state index contributed by atoms with van der Waals surface area (Å²) in [4.78, 5) is 36.6. The molecular weight excluding hydrogens is 472 g/mol. The zero-order valence-electron chi connectivity index (χ0n) is 18.8. The molecule has 0 radical (unpaired) electrons. The molecule has 3 aromatic rings. The van der Waals surface area contributed by atoms with E-state index >= 15 is 0 Å². The van der Waals surface area contributed by atoms with Gasteiger partial charge in [0.2, 0.25) is 5.91 Å². The number of amides is 2. The Morgan fingerprint density at radius 2 is 1.63 bits per heavy atom. The van der Waals surface area contributed by atoms with Crippen LogP contribution in [0, 0.1) is 0 Å². The van der Waals surface area contributed by atoms with Crippen LogP contribution in [0.4, 0.5) is 10.5 Å². The molecular formula is C26H23ClN2O6. The van der Waals surface area contributed by atoms with Crippen LogP contribution in [-0.2, 0) is 14.3 Å². The van der Waals surface area contributed by atoms with E-state index in [0.29, 0.717) is 16.5 Å². The zero-order chi connectivity index (χ0) is 24.9. The first-order valence-electron chi connectivity index (χ1n) is 10.8. The lowest BCUT2D eigenvalue weighted by Gasteiger charge is -2.19. The Balaban J connectivity index is 1.43. The monoisotopic (exact) mass is 494 g/mol. The summed E-state index contributed by atoms with van der Waals surface area (Å²) in [6, 6.07) is 19.0. The molecule has 1 atom stereocenters. The summed E-state index contributed by atoms with van der Waals surface area (Å²) < 4.78 is 10.6. The number of alkyl carbamates (subject to hydrolysis) is 1. The molecule has 0 bridgehead atoms. The van der Waals surface area contributed by atoms with E-state index in [2.05, 4.69) is 10.6 Å². The first kappa shape index (κ1) is 24.1. The minimum absolute atomic E-state index is 0.0374. The van der Waals surface area contributed by atoms with Crippen molar-refractivity contribution < 1.29 is 29.0 Å². The largest absolute Gasteiger partial charge is 0.495 e. The van der Waals surface area contributed by atoms with Gasteiger partial charge in [-0.1, -0.05) is 60.1 Å². The molecule has 2 amide bonds. The van der Waals surface area contributed by atoms with Crippen LogP contribution in [0.1, 0.15) is 23.5 Å². The van der Waals surface area contributed by atoms with E-state index < -0.39 is 30.4 Å². The topological polar surface area (TPSA) is 114 Å². The molecule has 4 rings (SSSR count). The first-order chi connectivity index (χ1) is 16.9. The highest BCUT2D eigenvalue weighted by Crippen LogP contribution is 2.44. The van der Waals surface area contributed by atoms with E-state index in [1.54, 1.807) is 0 Å². The molecule has 1 aliphatic carbocycles. The number of carboxylic acids is 1. The molecule has 0 saturated heterocycles. The molecule has 9 heteroatoms. The number of benzene rings is 3. The fraction of sp³-hybridized carbons (Fsp3) is 0.192. The number of anilines is 1. The second-order valence-electron chi connectivity index (χ2n) is 7.96. The number of fused-ring (bicyclic) bond motifs is 3. The molecule has 0 aromatic heterocycles. The highest BCUT2D eigenvalue weighted by molar-refractivity contribution is 6.32. The lowest BCUT2D eigenvalue weighted by atomic mass is 9.98. The van der Waals surface area contributed by atoms with Gasteiger partial charge in [-0.3, -0.25) is 9.59 Å². The SMILES string of the molecule is COc1cc(NC(=O)C(CC(=O)O)NC(=O)OCC2c3ccccc3-c3ccccc32)ccc1Cl. The fourth-order valence-corrected chi connectivity index (χ4v) is 4.33. The van der Waals surface area contributed by atoms with Gasteiger partial charge >= 0.3 is 12.1 Å². The van der Waals surface area contributed by atoms with Crippen molar-refractivity contribution in [2.24, 2.45) is 0 Å². The Morgan fingerprint density at radius 3 is 2.23 bits per heavy atom. The molecule has 0 saturated carbocycles. The van der Waals surface area contributed by atoms with Crippen LogP contribution in [0.25, 0.3) is 11.1 Å². The molecule has 0 spiro atoms. The van der Waals surface area contributed by atoms with E-state index in [4.69, 9.17) is 21.1 Å². The van der Waals surface area contributed by atoms with Crippen LogP contribution in [0.15, 0.2) is 66.7 Å². The van der Waals surface area contributed by atoms with Gasteiger partial charge in [-0.25, -0.2) is 4.79 Å². The van der Waals surface area contributed by atoms with Gasteiger partial charge in [-0.15, -0.1) is 0 Å². The number of nitrogens with one attached hydrogen (secondary N) is 2. The number of hydrogen-bond donors (Lipinski definition) is 3. The van der Waals surface area contributed by atoms with Crippen LogP contribution in [-0.4, -0.2) is 42.8 Å². The van der Waals surface area contributed by atoms with Crippen molar-refractivity contribution in [3.05, 3.63) is 82.9 Å². The second-order valence-corrected chi connectivity index (χ2v) is 8.37. The van der Waals surface area contributed by atoms with Gasteiger partial charge in [0.1, 0.15) is 18.4 Å². The predicted molar refractivity (Wildman–Crippen MR) is 131 cm³/mol. The minimum Gasteiger partial charge on any atom is -0.495 e. The van der Waals surface area contributed by atoms with E-state index in [0.717, 1.165) is 22.3 Å². The second kappa shape index (κ2) is 10.5. The number of methoxy groups -OCH3 is 1. The summed E-state index contributed by atoms with van der Waals surface area (Å²) in [5.41, 5.74) is 4.58. The van der Waals surface area contributed by atoms with Crippen molar-refractivity contribution >= 4 is 35.3 Å². The van der Waals surface area contributed by atoms with E-state index in [9.17, 15) is 19.5 Å². The average Bonchev–Trinajstić information content (AvgIpc) is 3.17. The summed E-state index contributed by atoms with van der Waals surface area (Å²) in [7, 11) is 1.43. The van der Waals surface area contributed by atoms with E-state index in [1.165, 1.54) is 25.3 Å². The number of ether oxygens (including phenoxy) is 2. The van der Waals surface area contributed by atoms with Gasteiger partial charge in [0, 0.05) is 17.7 Å². The number of carbonyl (C=O) groups is 3. The van der Waals surface area contributed by atoms with Crippen molar-refractivity contribution in [2.75, 3.05) is 19.0 Å². The smallest absolute Gasteiger partial charge is 0.407 e. The predicted octanol–water partition coefficient (Wildman–Crippen LogP) is 4.67. The van der Waals surface area contributed by atoms with Crippen molar-refractivity contribution in [1.82, 2.24) is 5.32 Å². The van der Waals surface area contributed by atoms with Crippen LogP contribution in [0.3, 0.4) is 0 Å². The molecule has 0 fully saturated rings. The molecule has 0 heterocycles. The summed E-state index contributed by atoms with van der Waals surface area (Å²) in [6.45, 7) is 0.0374.